The topological polar surface area (TPSA) is 42.8 Å². The second-order valence-electron chi connectivity index (χ2n) is 6.23. The number of amides is 1. The minimum atomic E-state index is -0.211. The molecule has 0 aliphatic heterocycles. The molecule has 0 heterocycles. The summed E-state index contributed by atoms with van der Waals surface area (Å²) < 4.78 is 5.67. The van der Waals surface area contributed by atoms with Crippen molar-refractivity contribution in [1.29, 1.82) is 0 Å². The molecule has 0 aromatic heterocycles. The van der Waals surface area contributed by atoms with Crippen LogP contribution in [0.2, 0.25) is 10.0 Å². The van der Waals surface area contributed by atoms with Crippen molar-refractivity contribution in [3.63, 3.8) is 0 Å². The summed E-state index contributed by atoms with van der Waals surface area (Å²) in [4.78, 5) is 13.1. The highest BCUT2D eigenvalue weighted by Gasteiger charge is 2.18. The van der Waals surface area contributed by atoms with E-state index in [1.807, 2.05) is 27.7 Å². The molecule has 0 saturated carbocycles. The van der Waals surface area contributed by atoms with Gasteiger partial charge in [-0.1, -0.05) is 29.3 Å². The summed E-state index contributed by atoms with van der Waals surface area (Å²) in [6.45, 7) is 10.4. The molecule has 1 rings (SSSR count). The minimum Gasteiger partial charge on any atom is -0.485 e. The molecule has 0 radical (unpaired) electrons. The minimum absolute atomic E-state index is 0.0418. The van der Waals surface area contributed by atoms with Gasteiger partial charge in [-0.3, -0.25) is 4.79 Å². The SMILES string of the molecule is CC[NH+](CCOc1c(Cl)cccc1Cl)CC(=O)NC(C)(C)C. The maximum absolute atomic E-state index is 12.0. The molecule has 0 fully saturated rings. The molecule has 124 valence electrons. The van der Waals surface area contributed by atoms with Crippen LogP contribution < -0.4 is 15.0 Å². The van der Waals surface area contributed by atoms with Gasteiger partial charge in [0.15, 0.2) is 12.3 Å². The fourth-order valence-electron chi connectivity index (χ4n) is 2.00. The van der Waals surface area contributed by atoms with Crippen molar-refractivity contribution in [2.45, 2.75) is 33.2 Å². The number of hydrogen-bond acceptors (Lipinski definition) is 2. The van der Waals surface area contributed by atoms with Gasteiger partial charge in [0.2, 0.25) is 0 Å². The molecule has 1 aromatic carbocycles. The van der Waals surface area contributed by atoms with E-state index in [4.69, 9.17) is 27.9 Å². The molecule has 0 aliphatic rings. The summed E-state index contributed by atoms with van der Waals surface area (Å²) in [5.41, 5.74) is -0.211. The number of benzene rings is 1. The van der Waals surface area contributed by atoms with Crippen molar-refractivity contribution in [2.24, 2.45) is 0 Å². The number of carbonyl (C=O) groups excluding carboxylic acids is 1. The lowest BCUT2D eigenvalue weighted by molar-refractivity contribution is -0.890. The van der Waals surface area contributed by atoms with Gasteiger partial charge in [0.25, 0.3) is 5.91 Å². The Kier molecular flexibility index (Phi) is 7.46. The monoisotopic (exact) mass is 347 g/mol. The van der Waals surface area contributed by atoms with E-state index >= 15 is 0 Å². The Bertz CT molecular complexity index is 481. The first-order valence-electron chi connectivity index (χ1n) is 7.44. The van der Waals surface area contributed by atoms with Gasteiger partial charge in [0, 0.05) is 5.54 Å². The second-order valence-corrected chi connectivity index (χ2v) is 7.04. The lowest BCUT2D eigenvalue weighted by Crippen LogP contribution is -3.13. The molecule has 4 nitrogen and oxygen atoms in total. The fourth-order valence-corrected chi connectivity index (χ4v) is 2.50. The molecule has 1 amide bonds. The number of hydrogen-bond donors (Lipinski definition) is 2. The van der Waals surface area contributed by atoms with Crippen molar-refractivity contribution < 1.29 is 14.4 Å². The average molecular weight is 348 g/mol. The van der Waals surface area contributed by atoms with E-state index in [0.29, 0.717) is 35.5 Å². The van der Waals surface area contributed by atoms with Crippen LogP contribution in [0.4, 0.5) is 0 Å². The van der Waals surface area contributed by atoms with Gasteiger partial charge in [-0.2, -0.15) is 0 Å². The van der Waals surface area contributed by atoms with Crippen LogP contribution in [0.1, 0.15) is 27.7 Å². The zero-order valence-electron chi connectivity index (χ0n) is 13.6. The van der Waals surface area contributed by atoms with E-state index < -0.39 is 0 Å². The largest absolute Gasteiger partial charge is 0.485 e. The predicted molar refractivity (Wildman–Crippen MR) is 91.1 cm³/mol. The second kappa shape index (κ2) is 8.61. The maximum Gasteiger partial charge on any atom is 0.275 e. The van der Waals surface area contributed by atoms with Gasteiger partial charge >= 0.3 is 0 Å². The highest BCUT2D eigenvalue weighted by molar-refractivity contribution is 6.37. The van der Waals surface area contributed by atoms with Gasteiger partial charge < -0.3 is 15.0 Å². The summed E-state index contributed by atoms with van der Waals surface area (Å²) in [6, 6.07) is 5.26. The highest BCUT2D eigenvalue weighted by Crippen LogP contribution is 2.31. The van der Waals surface area contributed by atoms with Crippen LogP contribution in [0.25, 0.3) is 0 Å². The maximum atomic E-state index is 12.0. The first-order valence-corrected chi connectivity index (χ1v) is 8.20. The van der Waals surface area contributed by atoms with Gasteiger partial charge in [0.1, 0.15) is 13.2 Å². The Labute approximate surface area is 142 Å². The van der Waals surface area contributed by atoms with Crippen molar-refractivity contribution in [3.8, 4) is 5.75 Å². The number of likely N-dealkylation sites (N-methyl/N-ethyl adjacent to an activating group) is 1. The normalized spacial score (nSPS) is 12.8. The third-order valence-electron chi connectivity index (χ3n) is 3.05. The number of halogens is 2. The van der Waals surface area contributed by atoms with Crippen LogP contribution in [0, 0.1) is 0 Å². The van der Waals surface area contributed by atoms with Crippen LogP contribution >= 0.6 is 23.2 Å². The van der Waals surface area contributed by atoms with E-state index in [1.165, 1.54) is 0 Å². The molecule has 0 saturated heterocycles. The van der Waals surface area contributed by atoms with E-state index in [0.717, 1.165) is 11.4 Å². The van der Waals surface area contributed by atoms with Crippen molar-refractivity contribution >= 4 is 29.1 Å². The van der Waals surface area contributed by atoms with Crippen LogP contribution in [0.3, 0.4) is 0 Å². The highest BCUT2D eigenvalue weighted by atomic mass is 35.5. The van der Waals surface area contributed by atoms with Gasteiger partial charge in [-0.25, -0.2) is 0 Å². The molecule has 0 spiro atoms. The average Bonchev–Trinajstić information content (AvgIpc) is 2.38. The van der Waals surface area contributed by atoms with Gasteiger partial charge in [-0.15, -0.1) is 0 Å². The van der Waals surface area contributed by atoms with Crippen LogP contribution in [-0.4, -0.2) is 37.7 Å². The molecule has 1 unspecified atom stereocenters. The molecule has 22 heavy (non-hydrogen) atoms. The molecular weight excluding hydrogens is 323 g/mol. The molecule has 1 atom stereocenters. The lowest BCUT2D eigenvalue weighted by atomic mass is 10.1. The number of quaternary nitrogens is 1. The van der Waals surface area contributed by atoms with Crippen molar-refractivity contribution in [3.05, 3.63) is 28.2 Å². The molecule has 0 bridgehead atoms. The summed E-state index contributed by atoms with van der Waals surface area (Å²) in [5, 5.41) is 3.96. The summed E-state index contributed by atoms with van der Waals surface area (Å²) in [7, 11) is 0. The van der Waals surface area contributed by atoms with Crippen LogP contribution in [-0.2, 0) is 4.79 Å². The Morgan fingerprint density at radius 3 is 2.36 bits per heavy atom. The van der Waals surface area contributed by atoms with Crippen molar-refractivity contribution in [1.82, 2.24) is 5.32 Å². The number of nitrogens with one attached hydrogen (secondary N) is 2. The quantitative estimate of drug-likeness (QED) is 0.793. The zero-order valence-corrected chi connectivity index (χ0v) is 15.1. The molecular formula is C16H25Cl2N2O2+. The van der Waals surface area contributed by atoms with Gasteiger partial charge in [0.05, 0.1) is 16.6 Å². The Balaban J connectivity index is 2.46. The predicted octanol–water partition coefficient (Wildman–Crippen LogP) is 2.19. The van der Waals surface area contributed by atoms with Crippen molar-refractivity contribution in [2.75, 3.05) is 26.2 Å². The van der Waals surface area contributed by atoms with Gasteiger partial charge in [-0.05, 0) is 39.8 Å². The summed E-state index contributed by atoms with van der Waals surface area (Å²) >= 11 is 12.1. The number of para-hydroxylation sites is 1. The smallest absolute Gasteiger partial charge is 0.275 e. The molecule has 1 aromatic rings. The Morgan fingerprint density at radius 1 is 1.27 bits per heavy atom. The van der Waals surface area contributed by atoms with Crippen LogP contribution in [0.5, 0.6) is 5.75 Å². The van der Waals surface area contributed by atoms with E-state index in [1.54, 1.807) is 18.2 Å². The molecule has 2 N–H and O–H groups in total. The number of ether oxygens (including phenoxy) is 1. The fraction of sp³-hybridized carbons (Fsp3) is 0.562. The Morgan fingerprint density at radius 2 is 1.86 bits per heavy atom. The number of carbonyl (C=O) groups is 1. The first kappa shape index (κ1) is 19.1. The molecule has 0 aliphatic carbocycles. The Hall–Kier alpha value is -0.970. The lowest BCUT2D eigenvalue weighted by Gasteiger charge is -2.23. The van der Waals surface area contributed by atoms with E-state index in [-0.39, 0.29) is 11.4 Å². The molecule has 6 heteroatoms. The third kappa shape index (κ3) is 6.86. The zero-order chi connectivity index (χ0) is 16.8. The third-order valence-corrected chi connectivity index (χ3v) is 3.64. The number of rotatable bonds is 7. The summed E-state index contributed by atoms with van der Waals surface area (Å²) in [5.74, 6) is 0.542. The first-order chi connectivity index (χ1) is 10.2. The van der Waals surface area contributed by atoms with Crippen LogP contribution in [0.15, 0.2) is 18.2 Å². The van der Waals surface area contributed by atoms with E-state index in [9.17, 15) is 4.79 Å². The summed E-state index contributed by atoms with van der Waals surface area (Å²) in [6.07, 6.45) is 0. The van der Waals surface area contributed by atoms with E-state index in [2.05, 4.69) is 5.32 Å². The standard InChI is InChI=1S/C16H24Cl2N2O2/c1-5-20(11-14(21)19-16(2,3)4)9-10-22-15-12(17)7-6-8-13(15)18/h6-8H,5,9-11H2,1-4H3,(H,19,21)/p+1.